The van der Waals surface area contributed by atoms with Crippen LogP contribution in [0.5, 0.6) is 0 Å². The first-order valence-electron chi connectivity index (χ1n) is 18.6. The van der Waals surface area contributed by atoms with Gasteiger partial charge in [0.15, 0.2) is 0 Å². The molecule has 0 aliphatic heterocycles. The number of hydrogen-bond donors (Lipinski definition) is 3. The monoisotopic (exact) mass is 645 g/mol. The van der Waals surface area contributed by atoms with Gasteiger partial charge in [0.05, 0.1) is 0 Å². The molecule has 0 aromatic rings. The van der Waals surface area contributed by atoms with Crippen molar-refractivity contribution < 1.29 is 24.0 Å². The molecule has 0 saturated heterocycles. The van der Waals surface area contributed by atoms with E-state index in [1.54, 1.807) is 0 Å². The third-order valence-corrected chi connectivity index (χ3v) is 8.57. The van der Waals surface area contributed by atoms with E-state index in [2.05, 4.69) is 27.7 Å². The Morgan fingerprint density at radius 3 is 0.837 bits per heavy atom. The van der Waals surface area contributed by atoms with E-state index in [0.29, 0.717) is 0 Å². The molecule has 43 heavy (non-hydrogen) atoms. The summed E-state index contributed by atoms with van der Waals surface area (Å²) in [6, 6.07) is 0. The van der Waals surface area contributed by atoms with Crippen molar-refractivity contribution in [1.29, 1.82) is 0 Å². The van der Waals surface area contributed by atoms with Crippen LogP contribution in [-0.4, -0.2) is 57.5 Å². The summed E-state index contributed by atoms with van der Waals surface area (Å²) in [7, 11) is -4.64. The maximum absolute atomic E-state index is 8.88. The molecule has 258 valence electrons. The molecular weight excluding hydrogens is 566 g/mol. The number of ether oxygens (including phenoxy) is 1. The van der Waals surface area contributed by atoms with E-state index < -0.39 is 7.82 Å². The van der Waals surface area contributed by atoms with E-state index in [4.69, 9.17) is 24.0 Å². The number of unbranched alkanes of at least 4 members (excludes halogenated alkanes) is 20. The molecule has 0 aliphatic carbocycles. The van der Waals surface area contributed by atoms with Crippen molar-refractivity contribution >= 4 is 37.4 Å². The fourth-order valence-electron chi connectivity index (χ4n) is 5.88. The Morgan fingerprint density at radius 2 is 0.605 bits per heavy atom. The minimum absolute atomic E-state index is 0. The van der Waals surface area contributed by atoms with Gasteiger partial charge in [0.2, 0.25) is 0 Å². The molecule has 0 aliphatic rings. The molecule has 0 bridgehead atoms. The van der Waals surface area contributed by atoms with Gasteiger partial charge in [-0.25, -0.2) is 4.57 Å². The second-order valence-electron chi connectivity index (χ2n) is 13.0. The fourth-order valence-corrected chi connectivity index (χ4v) is 5.88. The molecule has 0 heterocycles. The molecule has 0 aromatic carbocycles. The van der Waals surface area contributed by atoms with Crippen molar-refractivity contribution in [1.82, 2.24) is 0 Å². The third-order valence-electron chi connectivity index (χ3n) is 8.57. The second-order valence-corrected chi connectivity index (χ2v) is 14.0. The molecule has 7 heteroatoms. The fraction of sp³-hybridized carbons (Fsp3) is 1.00. The van der Waals surface area contributed by atoms with Gasteiger partial charge in [-0.3, -0.25) is 0 Å². The molecule has 3 N–H and O–H groups in total. The SMILES string of the molecule is CCCCCCCCCCC(CCCCCC)COCC(CCCCCC)CCCCCCCCCC.O=P(O)(O)O.[NaH]. The first-order chi connectivity index (χ1) is 20.3. The zero-order valence-electron chi connectivity index (χ0n) is 29.0. The van der Waals surface area contributed by atoms with Gasteiger partial charge in [-0.2, -0.15) is 0 Å². The number of hydrogen-bond acceptors (Lipinski definition) is 2. The van der Waals surface area contributed by atoms with Gasteiger partial charge in [-0.05, 0) is 37.5 Å². The maximum atomic E-state index is 8.88. The Labute approximate surface area is 292 Å². The van der Waals surface area contributed by atoms with E-state index in [1.165, 1.54) is 180 Å². The summed E-state index contributed by atoms with van der Waals surface area (Å²) in [6.07, 6.45) is 39.7. The molecule has 0 amide bonds. The van der Waals surface area contributed by atoms with Crippen LogP contribution in [0.15, 0.2) is 0 Å². The predicted octanol–water partition coefficient (Wildman–Crippen LogP) is 11.7. The zero-order chi connectivity index (χ0) is 31.6. The second kappa shape index (κ2) is 39.2. The molecule has 0 radical (unpaired) electrons. The first kappa shape index (κ1) is 48.5. The Morgan fingerprint density at radius 1 is 0.419 bits per heavy atom. The first-order valence-corrected chi connectivity index (χ1v) is 20.2. The molecule has 0 fully saturated rings. The van der Waals surface area contributed by atoms with Gasteiger partial charge in [0.1, 0.15) is 0 Å². The predicted molar refractivity (Wildman–Crippen MR) is 191 cm³/mol. The normalized spacial score (nSPS) is 12.8. The quantitative estimate of drug-likeness (QED) is 0.0385. The van der Waals surface area contributed by atoms with Crippen LogP contribution in [0.25, 0.3) is 0 Å². The molecule has 0 rings (SSSR count). The van der Waals surface area contributed by atoms with Crippen LogP contribution in [-0.2, 0) is 9.30 Å². The van der Waals surface area contributed by atoms with Crippen molar-refractivity contribution in [2.24, 2.45) is 11.8 Å². The van der Waals surface area contributed by atoms with E-state index in [-0.39, 0.29) is 29.6 Å². The Hall–Kier alpha value is 1.07. The summed E-state index contributed by atoms with van der Waals surface area (Å²) in [6.45, 7) is 11.3. The Balaban J connectivity index is -0.00000244. The molecular formula is C36H78NaO5P. The number of phosphoric acid groups is 1. The van der Waals surface area contributed by atoms with Crippen LogP contribution in [0.1, 0.15) is 207 Å². The topological polar surface area (TPSA) is 87.0 Å². The van der Waals surface area contributed by atoms with Gasteiger partial charge >= 0.3 is 37.4 Å². The standard InChI is InChI=1S/C36H74O.Na.H3O4P.H/c1-5-9-13-17-19-21-23-27-31-35(29-25-15-11-7-3)33-37-34-36(30-26-16-12-8-4)32-28-24-22-20-18-14-10-6-2;;1-5(2,3)4;/h35-36H,5-34H2,1-4H3;;(H3,1,2,3,4);. The van der Waals surface area contributed by atoms with E-state index in [0.717, 1.165) is 25.0 Å². The number of rotatable bonds is 32. The average molecular weight is 645 g/mol. The van der Waals surface area contributed by atoms with Gasteiger partial charge in [-0.1, -0.05) is 182 Å². The molecule has 0 spiro atoms. The van der Waals surface area contributed by atoms with Crippen LogP contribution in [0.2, 0.25) is 0 Å². The Kier molecular flexibility index (Phi) is 44.2. The van der Waals surface area contributed by atoms with Gasteiger partial charge in [-0.15, -0.1) is 0 Å². The Bertz CT molecular complexity index is 501. The van der Waals surface area contributed by atoms with E-state index >= 15 is 0 Å². The summed E-state index contributed by atoms with van der Waals surface area (Å²) >= 11 is 0. The summed E-state index contributed by atoms with van der Waals surface area (Å²) in [5, 5.41) is 0. The van der Waals surface area contributed by atoms with Crippen molar-refractivity contribution in [2.45, 2.75) is 207 Å². The van der Waals surface area contributed by atoms with Crippen molar-refractivity contribution in [3.05, 3.63) is 0 Å². The summed E-state index contributed by atoms with van der Waals surface area (Å²) in [5.74, 6) is 1.61. The third kappa shape index (κ3) is 47.6. The molecule has 5 nitrogen and oxygen atoms in total. The minimum atomic E-state index is -4.64. The molecule has 2 unspecified atom stereocenters. The van der Waals surface area contributed by atoms with Crippen molar-refractivity contribution in [2.75, 3.05) is 13.2 Å². The molecule has 0 aromatic heterocycles. The average Bonchev–Trinajstić information content (AvgIpc) is 2.94. The summed E-state index contributed by atoms with van der Waals surface area (Å²) in [4.78, 5) is 21.6. The van der Waals surface area contributed by atoms with Gasteiger partial charge < -0.3 is 19.4 Å². The van der Waals surface area contributed by atoms with Crippen LogP contribution < -0.4 is 0 Å². The van der Waals surface area contributed by atoms with Crippen LogP contribution in [0, 0.1) is 11.8 Å². The molecule has 2 atom stereocenters. The van der Waals surface area contributed by atoms with E-state index in [9.17, 15) is 0 Å². The van der Waals surface area contributed by atoms with Crippen LogP contribution in [0.4, 0.5) is 0 Å². The van der Waals surface area contributed by atoms with Crippen molar-refractivity contribution in [3.8, 4) is 0 Å². The summed E-state index contributed by atoms with van der Waals surface area (Å²) < 4.78 is 15.4. The van der Waals surface area contributed by atoms with Crippen LogP contribution in [0.3, 0.4) is 0 Å². The van der Waals surface area contributed by atoms with Crippen molar-refractivity contribution in [3.63, 3.8) is 0 Å². The summed E-state index contributed by atoms with van der Waals surface area (Å²) in [5.41, 5.74) is 0. The van der Waals surface area contributed by atoms with Crippen LogP contribution >= 0.6 is 7.82 Å². The van der Waals surface area contributed by atoms with Gasteiger partial charge in [0.25, 0.3) is 0 Å². The zero-order valence-corrected chi connectivity index (χ0v) is 29.9. The molecule has 0 saturated carbocycles. The van der Waals surface area contributed by atoms with E-state index in [1.807, 2.05) is 0 Å². The van der Waals surface area contributed by atoms with Gasteiger partial charge in [0, 0.05) is 13.2 Å².